The van der Waals surface area contributed by atoms with Crippen LogP contribution in [0, 0.1) is 0 Å². The summed E-state index contributed by atoms with van der Waals surface area (Å²) in [5, 5.41) is 3.71. The second-order valence-corrected chi connectivity index (χ2v) is 2.72. The molecule has 5 nitrogen and oxygen atoms in total. The van der Waals surface area contributed by atoms with Crippen molar-refractivity contribution < 1.29 is 9.32 Å². The fraction of sp³-hybridized carbons (Fsp3) is 0.111. The molecule has 0 radical (unpaired) electrons. The highest BCUT2D eigenvalue weighted by atomic mass is 16.5. The van der Waals surface area contributed by atoms with Crippen LogP contribution in [0.15, 0.2) is 29.2 Å². The predicted octanol–water partition coefficient (Wildman–Crippen LogP) is 1.33. The van der Waals surface area contributed by atoms with E-state index in [1.54, 1.807) is 24.7 Å². The molecule has 2 heterocycles. The highest BCUT2D eigenvalue weighted by Crippen LogP contribution is 2.15. The van der Waals surface area contributed by atoms with Crippen LogP contribution in [0.3, 0.4) is 0 Å². The van der Waals surface area contributed by atoms with Crippen LogP contribution in [0.2, 0.25) is 0 Å². The Labute approximate surface area is 79.8 Å². The lowest BCUT2D eigenvalue weighted by atomic mass is 10.2. The van der Waals surface area contributed by atoms with Gasteiger partial charge in [0.25, 0.3) is 0 Å². The number of Topliss-reactive ketones (excluding diaryl/α,β-unsaturated/α-hetero) is 1. The van der Waals surface area contributed by atoms with Crippen LogP contribution in [0.25, 0.3) is 11.4 Å². The van der Waals surface area contributed by atoms with E-state index in [4.69, 9.17) is 4.52 Å². The maximum atomic E-state index is 10.9. The number of ketones is 1. The number of hydrogen-bond donors (Lipinski definition) is 0. The van der Waals surface area contributed by atoms with Crippen molar-refractivity contribution in [2.75, 3.05) is 0 Å². The first-order chi connectivity index (χ1) is 6.77. The third-order valence-corrected chi connectivity index (χ3v) is 1.68. The number of rotatable bonds is 2. The van der Waals surface area contributed by atoms with Gasteiger partial charge in [-0.3, -0.25) is 14.8 Å². The van der Waals surface area contributed by atoms with Crippen molar-refractivity contribution in [3.05, 3.63) is 30.4 Å². The highest BCUT2D eigenvalue weighted by Gasteiger charge is 2.10. The zero-order chi connectivity index (χ0) is 9.97. The van der Waals surface area contributed by atoms with E-state index in [-0.39, 0.29) is 11.5 Å². The summed E-state index contributed by atoms with van der Waals surface area (Å²) in [6, 6.07) is 1.55. The lowest BCUT2D eigenvalue weighted by Crippen LogP contribution is -1.86. The van der Waals surface area contributed by atoms with Gasteiger partial charge in [-0.05, 0) is 0 Å². The van der Waals surface area contributed by atoms with Crippen molar-refractivity contribution in [2.45, 2.75) is 6.92 Å². The van der Waals surface area contributed by atoms with Crippen molar-refractivity contribution in [3.8, 4) is 11.4 Å². The molecule has 2 rings (SSSR count). The van der Waals surface area contributed by atoms with Gasteiger partial charge in [0.1, 0.15) is 11.4 Å². The molecule has 0 saturated carbocycles. The molecule has 0 fully saturated rings. The lowest BCUT2D eigenvalue weighted by Gasteiger charge is -1.89. The van der Waals surface area contributed by atoms with Gasteiger partial charge in [0.05, 0.1) is 6.20 Å². The molecule has 0 aliphatic carbocycles. The summed E-state index contributed by atoms with van der Waals surface area (Å²) >= 11 is 0. The molecule has 0 bridgehead atoms. The van der Waals surface area contributed by atoms with Gasteiger partial charge in [-0.25, -0.2) is 0 Å². The molecule has 0 aromatic carbocycles. The minimum Gasteiger partial charge on any atom is -0.352 e. The van der Waals surface area contributed by atoms with E-state index in [1.807, 2.05) is 0 Å². The summed E-state index contributed by atoms with van der Waals surface area (Å²) in [4.78, 5) is 18.8. The van der Waals surface area contributed by atoms with Crippen molar-refractivity contribution in [3.63, 3.8) is 0 Å². The Morgan fingerprint density at radius 2 is 2.21 bits per heavy atom. The third-order valence-electron chi connectivity index (χ3n) is 1.68. The summed E-state index contributed by atoms with van der Waals surface area (Å²) in [5.74, 6) is 0.0679. The van der Waals surface area contributed by atoms with Crippen LogP contribution in [0.5, 0.6) is 0 Å². The van der Waals surface area contributed by atoms with Gasteiger partial charge in [0.2, 0.25) is 5.76 Å². The summed E-state index contributed by atoms with van der Waals surface area (Å²) < 4.78 is 4.81. The van der Waals surface area contributed by atoms with E-state index in [0.717, 1.165) is 0 Å². The van der Waals surface area contributed by atoms with Crippen LogP contribution in [-0.4, -0.2) is 20.9 Å². The Morgan fingerprint density at radius 3 is 2.79 bits per heavy atom. The van der Waals surface area contributed by atoms with Gasteiger partial charge in [-0.15, -0.1) is 0 Å². The molecule has 5 heteroatoms. The van der Waals surface area contributed by atoms with E-state index >= 15 is 0 Å². The van der Waals surface area contributed by atoms with Crippen molar-refractivity contribution >= 4 is 5.78 Å². The summed E-state index contributed by atoms with van der Waals surface area (Å²) in [6.07, 6.45) is 4.68. The molecule has 14 heavy (non-hydrogen) atoms. The molecule has 0 aliphatic rings. The Balaban J connectivity index is 2.39. The first-order valence-electron chi connectivity index (χ1n) is 4.01. The summed E-state index contributed by atoms with van der Waals surface area (Å²) in [7, 11) is 0. The highest BCUT2D eigenvalue weighted by molar-refractivity contribution is 5.91. The maximum Gasteiger partial charge on any atom is 0.202 e. The number of aromatic nitrogens is 3. The Morgan fingerprint density at radius 1 is 1.36 bits per heavy atom. The Bertz CT molecular complexity index is 450. The van der Waals surface area contributed by atoms with Gasteiger partial charge in [0, 0.05) is 25.4 Å². The average molecular weight is 189 g/mol. The molecule has 2 aromatic rings. The standard InChI is InChI=1S/C9H7N3O2/c1-6(13)9-4-7(12-14-9)8-5-10-2-3-11-8/h2-5H,1H3. The molecule has 0 spiro atoms. The first kappa shape index (κ1) is 8.55. The first-order valence-corrected chi connectivity index (χ1v) is 4.01. The Hall–Kier alpha value is -2.04. The van der Waals surface area contributed by atoms with Gasteiger partial charge < -0.3 is 4.52 Å². The summed E-state index contributed by atoms with van der Waals surface area (Å²) in [6.45, 7) is 1.42. The maximum absolute atomic E-state index is 10.9. The van der Waals surface area contributed by atoms with E-state index in [2.05, 4.69) is 15.1 Å². The van der Waals surface area contributed by atoms with Crippen LogP contribution in [0.4, 0.5) is 0 Å². The summed E-state index contributed by atoms with van der Waals surface area (Å²) in [5.41, 5.74) is 1.10. The molecule has 0 atom stereocenters. The monoisotopic (exact) mass is 189 g/mol. The second kappa shape index (κ2) is 3.37. The number of nitrogens with zero attached hydrogens (tertiary/aromatic N) is 3. The van der Waals surface area contributed by atoms with E-state index in [1.165, 1.54) is 6.92 Å². The van der Waals surface area contributed by atoms with Crippen molar-refractivity contribution in [1.82, 2.24) is 15.1 Å². The van der Waals surface area contributed by atoms with Crippen molar-refractivity contribution in [2.24, 2.45) is 0 Å². The quantitative estimate of drug-likeness (QED) is 0.666. The van der Waals surface area contributed by atoms with Crippen LogP contribution in [0.1, 0.15) is 17.5 Å². The molecule has 70 valence electrons. The average Bonchev–Trinajstić information content (AvgIpc) is 2.68. The van der Waals surface area contributed by atoms with Crippen LogP contribution >= 0.6 is 0 Å². The second-order valence-electron chi connectivity index (χ2n) is 2.72. The van der Waals surface area contributed by atoms with E-state index in [0.29, 0.717) is 11.4 Å². The number of carbonyl (C=O) groups is 1. The molecule has 0 aliphatic heterocycles. The third kappa shape index (κ3) is 1.52. The van der Waals surface area contributed by atoms with E-state index in [9.17, 15) is 4.79 Å². The number of carbonyl (C=O) groups excluding carboxylic acids is 1. The normalized spacial score (nSPS) is 10.1. The van der Waals surface area contributed by atoms with Gasteiger partial charge in [-0.1, -0.05) is 5.16 Å². The van der Waals surface area contributed by atoms with Gasteiger partial charge in [-0.2, -0.15) is 0 Å². The minimum absolute atomic E-state index is 0.160. The molecule has 2 aromatic heterocycles. The van der Waals surface area contributed by atoms with Crippen LogP contribution in [-0.2, 0) is 0 Å². The fourth-order valence-corrected chi connectivity index (χ4v) is 0.993. The molecule has 0 amide bonds. The molecule has 0 N–H and O–H groups in total. The lowest BCUT2D eigenvalue weighted by molar-refractivity contribution is 0.0978. The predicted molar refractivity (Wildman–Crippen MR) is 47.5 cm³/mol. The molecular formula is C9H7N3O2. The fourth-order valence-electron chi connectivity index (χ4n) is 0.993. The van der Waals surface area contributed by atoms with Crippen molar-refractivity contribution in [1.29, 1.82) is 0 Å². The zero-order valence-electron chi connectivity index (χ0n) is 7.47. The Kier molecular flexibility index (Phi) is 2.06. The SMILES string of the molecule is CC(=O)c1cc(-c2cnccn2)no1. The van der Waals surface area contributed by atoms with Gasteiger partial charge >= 0.3 is 0 Å². The van der Waals surface area contributed by atoms with E-state index < -0.39 is 0 Å². The largest absolute Gasteiger partial charge is 0.352 e. The minimum atomic E-state index is -0.160. The number of hydrogen-bond acceptors (Lipinski definition) is 5. The zero-order valence-corrected chi connectivity index (χ0v) is 7.47. The topological polar surface area (TPSA) is 68.9 Å². The van der Waals surface area contributed by atoms with Crippen LogP contribution < -0.4 is 0 Å². The molecular weight excluding hydrogens is 182 g/mol. The molecule has 0 unspecified atom stereocenters. The molecule has 0 saturated heterocycles. The smallest absolute Gasteiger partial charge is 0.202 e. The van der Waals surface area contributed by atoms with Gasteiger partial charge in [0.15, 0.2) is 5.78 Å².